The fraction of sp³-hybridized carbons (Fsp3) is 0.211. The van der Waals surface area contributed by atoms with E-state index in [9.17, 15) is 18.0 Å². The Morgan fingerprint density at radius 1 is 1.28 bits per heavy atom. The smallest absolute Gasteiger partial charge is 0.382 e. The lowest BCUT2D eigenvalue weighted by Gasteiger charge is -2.10. The molecule has 1 aromatic heterocycles. The molecule has 10 heteroatoms. The highest BCUT2D eigenvalue weighted by Crippen LogP contribution is 2.31. The Bertz CT molecular complexity index is 1140. The van der Waals surface area contributed by atoms with Crippen molar-refractivity contribution < 1.29 is 22.8 Å². The highest BCUT2D eigenvalue weighted by molar-refractivity contribution is 6.34. The van der Waals surface area contributed by atoms with Gasteiger partial charge in [0.1, 0.15) is 0 Å². The van der Waals surface area contributed by atoms with Crippen molar-refractivity contribution in [3.63, 3.8) is 0 Å². The summed E-state index contributed by atoms with van der Waals surface area (Å²) in [7, 11) is 1.29. The van der Waals surface area contributed by atoms with E-state index in [1.807, 2.05) is 0 Å². The predicted molar refractivity (Wildman–Crippen MR) is 102 cm³/mol. The van der Waals surface area contributed by atoms with Gasteiger partial charge in [-0.25, -0.2) is 4.98 Å². The lowest BCUT2D eigenvalue weighted by molar-refractivity contribution is -0.146. The Balaban J connectivity index is 1.49. The summed E-state index contributed by atoms with van der Waals surface area (Å²) in [6, 6.07) is 11.4. The lowest BCUT2D eigenvalue weighted by atomic mass is 10.0. The van der Waals surface area contributed by atoms with E-state index in [1.165, 1.54) is 25.2 Å². The van der Waals surface area contributed by atoms with Gasteiger partial charge in [-0.3, -0.25) is 4.79 Å². The molecule has 150 valence electrons. The molecule has 1 aliphatic heterocycles. The second-order valence-electron chi connectivity index (χ2n) is 6.50. The molecule has 6 nitrogen and oxygen atoms in total. The molecule has 2 heterocycles. The number of benzene rings is 2. The predicted octanol–water partition coefficient (Wildman–Crippen LogP) is 4.38. The topological polar surface area (TPSA) is 68.5 Å². The quantitative estimate of drug-likeness (QED) is 0.681. The van der Waals surface area contributed by atoms with Gasteiger partial charge in [-0.05, 0) is 24.3 Å². The van der Waals surface area contributed by atoms with E-state index in [-0.39, 0.29) is 11.9 Å². The summed E-state index contributed by atoms with van der Waals surface area (Å²) in [6.07, 6.45) is -5.22. The van der Waals surface area contributed by atoms with E-state index < -0.39 is 24.0 Å². The number of alkyl halides is 3. The number of oxime groups is 1. The van der Waals surface area contributed by atoms with Crippen molar-refractivity contribution in [1.29, 1.82) is 0 Å². The van der Waals surface area contributed by atoms with Gasteiger partial charge < -0.3 is 14.7 Å². The van der Waals surface area contributed by atoms with Crippen LogP contribution in [0.3, 0.4) is 0 Å². The minimum absolute atomic E-state index is 0.123. The van der Waals surface area contributed by atoms with E-state index in [2.05, 4.69) is 15.5 Å². The third-order valence-electron chi connectivity index (χ3n) is 4.55. The van der Waals surface area contributed by atoms with Crippen LogP contribution in [0.1, 0.15) is 17.8 Å². The van der Waals surface area contributed by atoms with E-state index in [4.69, 9.17) is 16.4 Å². The fourth-order valence-electron chi connectivity index (χ4n) is 3.13. The van der Waals surface area contributed by atoms with Crippen LogP contribution < -0.4 is 5.32 Å². The summed E-state index contributed by atoms with van der Waals surface area (Å²) in [5, 5.41) is 7.06. The number of nitrogens with one attached hydrogen (secondary N) is 1. The highest BCUT2D eigenvalue weighted by atomic mass is 35.5. The fourth-order valence-corrected chi connectivity index (χ4v) is 3.37. The number of rotatable bonds is 3. The van der Waals surface area contributed by atoms with Crippen molar-refractivity contribution in [1.82, 2.24) is 9.55 Å². The van der Waals surface area contributed by atoms with Crippen molar-refractivity contribution in [3.8, 4) is 0 Å². The molecule has 2 aromatic carbocycles. The molecule has 3 aromatic rings. The number of anilines is 1. The van der Waals surface area contributed by atoms with E-state index >= 15 is 0 Å². The zero-order valence-electron chi connectivity index (χ0n) is 15.0. The summed E-state index contributed by atoms with van der Waals surface area (Å²) in [5.74, 6) is -1.48. The van der Waals surface area contributed by atoms with Gasteiger partial charge in [-0.1, -0.05) is 35.0 Å². The lowest BCUT2D eigenvalue weighted by Crippen LogP contribution is -2.28. The average Bonchev–Trinajstić information content (AvgIpc) is 3.27. The average molecular weight is 423 g/mol. The van der Waals surface area contributed by atoms with Crippen molar-refractivity contribution in [2.24, 2.45) is 12.2 Å². The van der Waals surface area contributed by atoms with Gasteiger partial charge in [0, 0.05) is 29.7 Å². The molecule has 1 aliphatic rings. The molecule has 1 atom stereocenters. The SMILES string of the molecule is Cn1c(C(F)(F)F)nc2cc(NC(=O)[C@@H]3CC(c4ccccc4Cl)=NO3)ccc21. The van der Waals surface area contributed by atoms with Crippen LogP contribution in [0, 0.1) is 0 Å². The first-order chi connectivity index (χ1) is 13.7. The van der Waals surface area contributed by atoms with Crippen LogP contribution in [0.2, 0.25) is 5.02 Å². The highest BCUT2D eigenvalue weighted by Gasteiger charge is 2.36. The van der Waals surface area contributed by atoms with Crippen molar-refractivity contribution in [2.75, 3.05) is 5.32 Å². The van der Waals surface area contributed by atoms with Crippen molar-refractivity contribution in [3.05, 3.63) is 58.9 Å². The number of hydrogen-bond donors (Lipinski definition) is 1. The van der Waals surface area contributed by atoms with Crippen LogP contribution in [0.5, 0.6) is 0 Å². The van der Waals surface area contributed by atoms with Gasteiger partial charge in [-0.15, -0.1) is 0 Å². The first-order valence-electron chi connectivity index (χ1n) is 8.56. The largest absolute Gasteiger partial charge is 0.449 e. The van der Waals surface area contributed by atoms with Gasteiger partial charge in [0.2, 0.25) is 11.9 Å². The number of hydrogen-bond acceptors (Lipinski definition) is 4. The molecule has 1 amide bonds. The summed E-state index contributed by atoms with van der Waals surface area (Å²) in [4.78, 5) is 21.3. The van der Waals surface area contributed by atoms with Gasteiger partial charge in [-0.2, -0.15) is 13.2 Å². The van der Waals surface area contributed by atoms with Gasteiger partial charge in [0.25, 0.3) is 5.91 Å². The van der Waals surface area contributed by atoms with Gasteiger partial charge in [0.15, 0.2) is 0 Å². The maximum atomic E-state index is 13.0. The number of halogens is 4. The van der Waals surface area contributed by atoms with Crippen LogP contribution in [0.4, 0.5) is 18.9 Å². The maximum absolute atomic E-state index is 13.0. The monoisotopic (exact) mass is 422 g/mol. The Labute approximate surface area is 167 Å². The zero-order valence-corrected chi connectivity index (χ0v) is 15.8. The van der Waals surface area contributed by atoms with E-state index in [0.29, 0.717) is 27.5 Å². The Kier molecular flexibility index (Phi) is 4.70. The van der Waals surface area contributed by atoms with E-state index in [1.54, 1.807) is 24.3 Å². The standard InChI is InChI=1S/C19H14ClF3N4O2/c1-27-15-7-6-10(8-14(15)25-18(27)19(21,22)23)24-17(28)16-9-13(26-29-16)11-4-2-3-5-12(11)20/h2-8,16H,9H2,1H3,(H,24,28)/t16-/m0/s1. The summed E-state index contributed by atoms with van der Waals surface area (Å²) >= 11 is 6.14. The number of aromatic nitrogens is 2. The first kappa shape index (κ1) is 19.3. The number of nitrogens with zero attached hydrogens (tertiary/aromatic N) is 3. The maximum Gasteiger partial charge on any atom is 0.449 e. The molecule has 0 unspecified atom stereocenters. The van der Waals surface area contributed by atoms with Crippen molar-refractivity contribution in [2.45, 2.75) is 18.7 Å². The third-order valence-corrected chi connectivity index (χ3v) is 4.88. The number of fused-ring (bicyclic) bond motifs is 1. The van der Waals surface area contributed by atoms with Crippen LogP contribution in [-0.2, 0) is 22.9 Å². The third kappa shape index (κ3) is 3.65. The Morgan fingerprint density at radius 2 is 2.03 bits per heavy atom. The second kappa shape index (κ2) is 7.07. The van der Waals surface area contributed by atoms with Crippen LogP contribution in [0.15, 0.2) is 47.6 Å². The van der Waals surface area contributed by atoms with Crippen LogP contribution in [-0.4, -0.2) is 27.3 Å². The second-order valence-corrected chi connectivity index (χ2v) is 6.91. The summed E-state index contributed by atoms with van der Waals surface area (Å²) in [6.45, 7) is 0. The molecule has 0 saturated heterocycles. The first-order valence-corrected chi connectivity index (χ1v) is 8.94. The molecular weight excluding hydrogens is 409 g/mol. The molecular formula is C19H14ClF3N4O2. The zero-order chi connectivity index (χ0) is 20.8. The minimum atomic E-state index is -4.57. The van der Waals surface area contributed by atoms with Gasteiger partial charge in [0.05, 0.1) is 16.7 Å². The Morgan fingerprint density at radius 3 is 2.76 bits per heavy atom. The Hall–Kier alpha value is -3.07. The van der Waals surface area contributed by atoms with Crippen molar-refractivity contribution >= 4 is 39.9 Å². The molecule has 0 saturated carbocycles. The van der Waals surface area contributed by atoms with Gasteiger partial charge >= 0.3 is 6.18 Å². The van der Waals surface area contributed by atoms with E-state index in [0.717, 1.165) is 4.57 Å². The van der Waals surface area contributed by atoms with Crippen LogP contribution in [0.25, 0.3) is 11.0 Å². The molecule has 29 heavy (non-hydrogen) atoms. The number of amides is 1. The molecule has 4 rings (SSSR count). The molecule has 1 N–H and O–H groups in total. The molecule has 0 radical (unpaired) electrons. The van der Waals surface area contributed by atoms with Crippen LogP contribution >= 0.6 is 11.6 Å². The number of imidazole rings is 1. The molecule has 0 aliphatic carbocycles. The molecule has 0 spiro atoms. The number of carbonyl (C=O) groups excluding carboxylic acids is 1. The summed E-state index contributed by atoms with van der Waals surface area (Å²) < 4.78 is 40.0. The molecule has 0 fully saturated rings. The molecule has 0 bridgehead atoms. The minimum Gasteiger partial charge on any atom is -0.382 e. The summed E-state index contributed by atoms with van der Waals surface area (Å²) in [5.41, 5.74) is 1.96. The number of aryl methyl sites for hydroxylation is 1. The number of carbonyl (C=O) groups is 1. The normalized spacial score (nSPS) is 16.6.